The van der Waals surface area contributed by atoms with Gasteiger partial charge in [0.2, 0.25) is 5.88 Å². The highest BCUT2D eigenvalue weighted by Gasteiger charge is 2.23. The van der Waals surface area contributed by atoms with Crippen molar-refractivity contribution < 1.29 is 42.7 Å². The zero-order valence-corrected chi connectivity index (χ0v) is 21.2. The van der Waals surface area contributed by atoms with E-state index >= 15 is 0 Å². The Labute approximate surface area is 223 Å². The van der Waals surface area contributed by atoms with Crippen molar-refractivity contribution in [3.8, 4) is 28.8 Å². The first-order valence-electron chi connectivity index (χ1n) is 11.2. The van der Waals surface area contributed by atoms with Crippen LogP contribution < -0.4 is 24.6 Å². The summed E-state index contributed by atoms with van der Waals surface area (Å²) in [5.41, 5.74) is -0.893. The van der Waals surface area contributed by atoms with Gasteiger partial charge in [0.1, 0.15) is 36.7 Å². The van der Waals surface area contributed by atoms with Crippen LogP contribution in [0.4, 0.5) is 8.78 Å². The second-order valence-electron chi connectivity index (χ2n) is 7.84. The van der Waals surface area contributed by atoms with Crippen molar-refractivity contribution in [2.75, 3.05) is 27.4 Å². The minimum Gasteiger partial charge on any atom is -0.496 e. The van der Waals surface area contributed by atoms with Gasteiger partial charge in [0, 0.05) is 12.1 Å². The van der Waals surface area contributed by atoms with Crippen LogP contribution in [0.15, 0.2) is 29.1 Å². The summed E-state index contributed by atoms with van der Waals surface area (Å²) in [6.07, 6.45) is -0.553. The molecule has 0 bridgehead atoms. The Kier molecular flexibility index (Phi) is 8.16. The number of carboxylic acid groups (broad SMARTS) is 1. The third-order valence-corrected chi connectivity index (χ3v) is 5.70. The molecule has 0 fully saturated rings. The maximum Gasteiger partial charge on any atom is 0.332 e. The van der Waals surface area contributed by atoms with Gasteiger partial charge in [-0.1, -0.05) is 11.6 Å². The van der Waals surface area contributed by atoms with Crippen molar-refractivity contribution in [1.82, 2.24) is 19.5 Å². The molecule has 206 valence electrons. The number of rotatable bonds is 11. The van der Waals surface area contributed by atoms with Crippen LogP contribution in [-0.2, 0) is 17.8 Å². The second-order valence-corrected chi connectivity index (χ2v) is 8.24. The second kappa shape index (κ2) is 11.5. The van der Waals surface area contributed by atoms with Gasteiger partial charge in [-0.3, -0.25) is 9.78 Å². The fourth-order valence-electron chi connectivity index (χ4n) is 3.72. The number of nitrogens with zero attached hydrogens (tertiary/aromatic N) is 3. The van der Waals surface area contributed by atoms with Crippen molar-refractivity contribution in [1.29, 1.82) is 0 Å². The number of halogens is 3. The number of imidazole rings is 1. The number of fused-ring (bicyclic) bond motifs is 1. The van der Waals surface area contributed by atoms with E-state index < -0.39 is 36.3 Å². The minimum absolute atomic E-state index is 0.0213. The Morgan fingerprint density at radius 1 is 1.10 bits per heavy atom. The van der Waals surface area contributed by atoms with Crippen molar-refractivity contribution >= 4 is 28.7 Å². The number of hydrogen-bond donors (Lipinski definition) is 3. The van der Waals surface area contributed by atoms with Crippen LogP contribution in [-0.4, -0.2) is 63.1 Å². The topological polar surface area (TPSA) is 158 Å². The van der Waals surface area contributed by atoms with Gasteiger partial charge in [-0.25, -0.2) is 23.1 Å². The molecule has 4 rings (SSSR count). The van der Waals surface area contributed by atoms with Crippen LogP contribution in [0.1, 0.15) is 11.4 Å². The molecule has 0 saturated heterocycles. The predicted molar refractivity (Wildman–Crippen MR) is 132 cm³/mol. The third-order valence-electron chi connectivity index (χ3n) is 5.40. The van der Waals surface area contributed by atoms with E-state index in [4.69, 9.17) is 30.5 Å². The lowest BCUT2D eigenvalue weighted by molar-refractivity contribution is -0.136. The first-order valence-corrected chi connectivity index (χ1v) is 11.5. The van der Waals surface area contributed by atoms with Crippen LogP contribution in [0.3, 0.4) is 0 Å². The number of aliphatic carboxylic acids is 1. The summed E-state index contributed by atoms with van der Waals surface area (Å²) in [6, 6.07) is 4.73. The average molecular weight is 567 g/mol. The van der Waals surface area contributed by atoms with Gasteiger partial charge in [0.05, 0.1) is 37.1 Å². The highest BCUT2D eigenvalue weighted by atomic mass is 35.5. The number of carbonyl (C=O) groups is 1. The molecule has 2 aromatic heterocycles. The largest absolute Gasteiger partial charge is 0.496 e. The van der Waals surface area contributed by atoms with E-state index in [1.807, 2.05) is 0 Å². The van der Waals surface area contributed by atoms with Gasteiger partial charge in [-0.2, -0.15) is 4.98 Å². The molecule has 0 aliphatic heterocycles. The SMILES string of the molecule is COc1ccc(F)c(F)c1COc1cc(-n2c(=O)[nH]c3c(OC)nc(CC(=O)O)nc32)c(Cl)cc1OCCO. The van der Waals surface area contributed by atoms with Crippen LogP contribution in [0.5, 0.6) is 23.1 Å². The van der Waals surface area contributed by atoms with E-state index in [2.05, 4.69) is 15.0 Å². The minimum atomic E-state index is -1.21. The highest BCUT2D eigenvalue weighted by molar-refractivity contribution is 6.32. The summed E-state index contributed by atoms with van der Waals surface area (Å²) in [7, 11) is 2.57. The average Bonchev–Trinajstić information content (AvgIpc) is 3.23. The molecular weight excluding hydrogens is 546 g/mol. The molecule has 2 aromatic carbocycles. The Morgan fingerprint density at radius 2 is 1.85 bits per heavy atom. The smallest absolute Gasteiger partial charge is 0.332 e. The van der Waals surface area contributed by atoms with E-state index in [1.165, 1.54) is 32.4 Å². The number of H-pyrrole nitrogens is 1. The molecule has 0 aliphatic carbocycles. The van der Waals surface area contributed by atoms with Crippen LogP contribution in [0.2, 0.25) is 5.02 Å². The lowest BCUT2D eigenvalue weighted by Crippen LogP contribution is -2.16. The monoisotopic (exact) mass is 566 g/mol. The summed E-state index contributed by atoms with van der Waals surface area (Å²) in [4.78, 5) is 35.0. The zero-order chi connectivity index (χ0) is 28.3. The molecule has 39 heavy (non-hydrogen) atoms. The summed E-state index contributed by atoms with van der Waals surface area (Å²) in [6.45, 7) is -1.01. The normalized spacial score (nSPS) is 11.0. The van der Waals surface area contributed by atoms with Gasteiger partial charge in [-0.05, 0) is 12.1 Å². The molecular formula is C24H21ClF2N4O8. The van der Waals surface area contributed by atoms with Crippen molar-refractivity contribution in [2.24, 2.45) is 0 Å². The maximum atomic E-state index is 14.5. The van der Waals surface area contributed by atoms with Crippen molar-refractivity contribution in [3.05, 3.63) is 62.8 Å². The van der Waals surface area contributed by atoms with Crippen molar-refractivity contribution in [3.63, 3.8) is 0 Å². The van der Waals surface area contributed by atoms with E-state index in [0.29, 0.717) is 0 Å². The van der Waals surface area contributed by atoms with Gasteiger partial charge in [0.25, 0.3) is 0 Å². The Bertz CT molecular complexity index is 1610. The van der Waals surface area contributed by atoms with E-state index in [1.54, 1.807) is 0 Å². The van der Waals surface area contributed by atoms with E-state index in [9.17, 15) is 28.6 Å². The summed E-state index contributed by atoms with van der Waals surface area (Å²) >= 11 is 6.48. The fourth-order valence-corrected chi connectivity index (χ4v) is 3.95. The van der Waals surface area contributed by atoms with E-state index in [-0.39, 0.29) is 69.6 Å². The molecule has 0 unspecified atom stereocenters. The van der Waals surface area contributed by atoms with Crippen molar-refractivity contribution in [2.45, 2.75) is 13.0 Å². The first-order chi connectivity index (χ1) is 18.7. The van der Waals surface area contributed by atoms with Gasteiger partial charge in [-0.15, -0.1) is 0 Å². The standard InChI is InChI=1S/C24H21ClF2N4O8/c1-36-15-4-3-13(26)20(27)11(15)10-39-17-8-14(12(25)7-16(17)38-6-5-32)31-22-21(30-24(31)35)23(37-2)29-18(28-22)9-19(33)34/h3-4,7-8,32H,5-6,9-10H2,1-2H3,(H,30,35)(H,33,34). The Balaban J connectivity index is 1.86. The molecule has 12 nitrogen and oxygen atoms in total. The van der Waals surface area contributed by atoms with Crippen LogP contribution in [0, 0.1) is 11.6 Å². The summed E-state index contributed by atoms with van der Waals surface area (Å²) < 4.78 is 51.0. The molecule has 15 heteroatoms. The van der Waals surface area contributed by atoms with Crippen LogP contribution in [0.25, 0.3) is 16.9 Å². The molecule has 3 N–H and O–H groups in total. The number of nitrogens with one attached hydrogen (secondary N) is 1. The quantitative estimate of drug-likeness (QED) is 0.246. The summed E-state index contributed by atoms with van der Waals surface area (Å²) in [5.74, 6) is -3.70. The number of aliphatic hydroxyl groups excluding tert-OH is 1. The molecule has 0 amide bonds. The highest BCUT2D eigenvalue weighted by Crippen LogP contribution is 2.37. The number of aromatic nitrogens is 4. The number of carboxylic acids is 1. The number of hydrogen-bond acceptors (Lipinski definition) is 9. The number of ether oxygens (including phenoxy) is 4. The number of benzene rings is 2. The first kappa shape index (κ1) is 27.6. The predicted octanol–water partition coefficient (Wildman–Crippen LogP) is 2.63. The Morgan fingerprint density at radius 3 is 2.51 bits per heavy atom. The molecule has 4 aromatic rings. The molecule has 0 atom stereocenters. The molecule has 0 aliphatic rings. The fraction of sp³-hybridized carbons (Fsp3) is 0.250. The lowest BCUT2D eigenvalue weighted by Gasteiger charge is -2.17. The van der Waals surface area contributed by atoms with E-state index in [0.717, 1.165) is 10.6 Å². The third kappa shape index (κ3) is 5.56. The molecule has 2 heterocycles. The molecule has 0 saturated carbocycles. The Hall–Kier alpha value is -4.43. The zero-order valence-electron chi connectivity index (χ0n) is 20.5. The number of methoxy groups -OCH3 is 2. The van der Waals surface area contributed by atoms with Crippen LogP contribution >= 0.6 is 11.6 Å². The number of aromatic amines is 1. The van der Waals surface area contributed by atoms with Gasteiger partial charge >= 0.3 is 11.7 Å². The lowest BCUT2D eigenvalue weighted by atomic mass is 10.2. The van der Waals surface area contributed by atoms with Gasteiger partial charge in [0.15, 0.2) is 28.8 Å². The maximum absolute atomic E-state index is 14.5. The summed E-state index contributed by atoms with van der Waals surface area (Å²) in [5, 5.41) is 18.4. The van der Waals surface area contributed by atoms with Gasteiger partial charge < -0.3 is 29.2 Å². The number of aliphatic hydroxyl groups is 1. The molecule has 0 spiro atoms. The molecule has 0 radical (unpaired) electrons.